The van der Waals surface area contributed by atoms with Gasteiger partial charge in [-0.05, 0) is 51.3 Å². The molecule has 1 aromatic carbocycles. The van der Waals surface area contributed by atoms with E-state index in [9.17, 15) is 18.3 Å². The van der Waals surface area contributed by atoms with Crippen LogP contribution in [0.1, 0.15) is 23.7 Å². The Hall–Kier alpha value is -1.11. The van der Waals surface area contributed by atoms with E-state index in [-0.39, 0.29) is 0 Å². The first-order chi connectivity index (χ1) is 9.30. The van der Waals surface area contributed by atoms with Crippen molar-refractivity contribution in [2.75, 3.05) is 33.7 Å². The summed E-state index contributed by atoms with van der Waals surface area (Å²) in [6, 6.07) is 4.61. The molecule has 114 valence electrons. The first-order valence-corrected chi connectivity index (χ1v) is 6.51. The van der Waals surface area contributed by atoms with Crippen molar-refractivity contribution in [3.05, 3.63) is 35.4 Å². The lowest BCUT2D eigenvalue weighted by Crippen LogP contribution is -2.25. The van der Waals surface area contributed by atoms with E-state index in [1.165, 1.54) is 12.1 Å². The molecule has 0 bridgehead atoms. The van der Waals surface area contributed by atoms with Crippen LogP contribution in [-0.4, -0.2) is 43.7 Å². The van der Waals surface area contributed by atoms with Gasteiger partial charge in [0.1, 0.15) is 0 Å². The standard InChI is InChI=1S/C14H21F3N2O/c1-19(2)9-3-8-18-10-13(20)11-4-6-12(7-5-11)14(15,16)17/h4-7,13,18,20H,3,8-10H2,1-2H3. The Morgan fingerprint density at radius 1 is 1.20 bits per heavy atom. The van der Waals surface area contributed by atoms with Crippen molar-refractivity contribution in [1.29, 1.82) is 0 Å². The number of aliphatic hydroxyl groups is 1. The molecule has 2 N–H and O–H groups in total. The van der Waals surface area contributed by atoms with Gasteiger partial charge >= 0.3 is 6.18 Å². The predicted molar refractivity (Wildman–Crippen MR) is 72.4 cm³/mol. The molecule has 0 aliphatic heterocycles. The van der Waals surface area contributed by atoms with Crippen LogP contribution in [0.5, 0.6) is 0 Å². The number of nitrogens with zero attached hydrogens (tertiary/aromatic N) is 1. The molecule has 1 atom stereocenters. The molecule has 0 amide bonds. The minimum Gasteiger partial charge on any atom is -0.387 e. The Balaban J connectivity index is 2.38. The maximum atomic E-state index is 12.4. The van der Waals surface area contributed by atoms with Gasteiger partial charge in [-0.3, -0.25) is 0 Å². The summed E-state index contributed by atoms with van der Waals surface area (Å²) in [7, 11) is 3.97. The number of hydrogen-bond donors (Lipinski definition) is 2. The van der Waals surface area contributed by atoms with E-state index in [2.05, 4.69) is 10.2 Å². The van der Waals surface area contributed by atoms with Gasteiger partial charge in [-0.2, -0.15) is 13.2 Å². The first kappa shape index (κ1) is 16.9. The maximum absolute atomic E-state index is 12.4. The van der Waals surface area contributed by atoms with E-state index < -0.39 is 17.8 Å². The van der Waals surface area contributed by atoms with Crippen molar-refractivity contribution in [2.24, 2.45) is 0 Å². The van der Waals surface area contributed by atoms with E-state index >= 15 is 0 Å². The molecule has 0 aromatic heterocycles. The van der Waals surface area contributed by atoms with Crippen LogP contribution in [-0.2, 0) is 6.18 Å². The van der Waals surface area contributed by atoms with Gasteiger partial charge < -0.3 is 15.3 Å². The molecule has 0 radical (unpaired) electrons. The second kappa shape index (κ2) is 7.61. The van der Waals surface area contributed by atoms with E-state index in [1.54, 1.807) is 0 Å². The van der Waals surface area contributed by atoms with Crippen molar-refractivity contribution >= 4 is 0 Å². The fourth-order valence-corrected chi connectivity index (χ4v) is 1.77. The van der Waals surface area contributed by atoms with E-state index in [0.29, 0.717) is 12.1 Å². The SMILES string of the molecule is CN(C)CCCNCC(O)c1ccc(C(F)(F)F)cc1. The molecule has 0 saturated carbocycles. The molecule has 0 spiro atoms. The third-order valence-electron chi connectivity index (χ3n) is 2.92. The summed E-state index contributed by atoms with van der Waals surface area (Å²) in [6.45, 7) is 2.04. The maximum Gasteiger partial charge on any atom is 0.416 e. The highest BCUT2D eigenvalue weighted by atomic mass is 19.4. The second-order valence-corrected chi connectivity index (χ2v) is 5.00. The fourth-order valence-electron chi connectivity index (χ4n) is 1.77. The lowest BCUT2D eigenvalue weighted by atomic mass is 10.1. The molecular formula is C14H21F3N2O. The summed E-state index contributed by atoms with van der Waals surface area (Å²) in [4.78, 5) is 2.06. The van der Waals surface area contributed by atoms with Gasteiger partial charge in [0.15, 0.2) is 0 Å². The van der Waals surface area contributed by atoms with Crippen molar-refractivity contribution < 1.29 is 18.3 Å². The number of halogens is 3. The summed E-state index contributed by atoms with van der Waals surface area (Å²) in [6.07, 6.45) is -4.18. The Labute approximate surface area is 117 Å². The summed E-state index contributed by atoms with van der Waals surface area (Å²) >= 11 is 0. The summed E-state index contributed by atoms with van der Waals surface area (Å²) in [5, 5.41) is 13.0. The van der Waals surface area contributed by atoms with Crippen molar-refractivity contribution in [3.63, 3.8) is 0 Å². The zero-order chi connectivity index (χ0) is 15.2. The summed E-state index contributed by atoms with van der Waals surface area (Å²) < 4.78 is 37.2. The van der Waals surface area contributed by atoms with Crippen LogP contribution >= 0.6 is 0 Å². The molecular weight excluding hydrogens is 269 g/mol. The summed E-state index contributed by atoms with van der Waals surface area (Å²) in [5.74, 6) is 0. The third-order valence-corrected chi connectivity index (χ3v) is 2.92. The van der Waals surface area contributed by atoms with Crippen LogP contribution < -0.4 is 5.32 Å². The smallest absolute Gasteiger partial charge is 0.387 e. The fraction of sp³-hybridized carbons (Fsp3) is 0.571. The van der Waals surface area contributed by atoms with Gasteiger partial charge in [0.25, 0.3) is 0 Å². The topological polar surface area (TPSA) is 35.5 Å². The highest BCUT2D eigenvalue weighted by Gasteiger charge is 2.30. The largest absolute Gasteiger partial charge is 0.416 e. The van der Waals surface area contributed by atoms with Crippen molar-refractivity contribution in [3.8, 4) is 0 Å². The Morgan fingerprint density at radius 3 is 2.30 bits per heavy atom. The van der Waals surface area contributed by atoms with Crippen LogP contribution in [0.25, 0.3) is 0 Å². The minimum atomic E-state index is -4.34. The Kier molecular flexibility index (Phi) is 6.45. The van der Waals surface area contributed by atoms with Crippen molar-refractivity contribution in [1.82, 2.24) is 10.2 Å². The van der Waals surface area contributed by atoms with Gasteiger partial charge in [0.2, 0.25) is 0 Å². The summed E-state index contributed by atoms with van der Waals surface area (Å²) in [5.41, 5.74) is -0.217. The highest BCUT2D eigenvalue weighted by molar-refractivity contribution is 5.26. The van der Waals surface area contributed by atoms with Gasteiger partial charge in [0, 0.05) is 6.54 Å². The molecule has 0 aliphatic rings. The first-order valence-electron chi connectivity index (χ1n) is 6.51. The number of aliphatic hydroxyl groups excluding tert-OH is 1. The molecule has 1 rings (SSSR count). The van der Waals surface area contributed by atoms with Gasteiger partial charge in [-0.1, -0.05) is 12.1 Å². The van der Waals surface area contributed by atoms with Gasteiger partial charge in [-0.15, -0.1) is 0 Å². The lowest BCUT2D eigenvalue weighted by Gasteiger charge is -2.14. The van der Waals surface area contributed by atoms with E-state index in [0.717, 1.165) is 31.6 Å². The molecule has 0 aliphatic carbocycles. The van der Waals surface area contributed by atoms with E-state index in [1.807, 2.05) is 14.1 Å². The molecule has 0 saturated heterocycles. The molecule has 6 heteroatoms. The minimum absolute atomic E-state index is 0.332. The van der Waals surface area contributed by atoms with Gasteiger partial charge in [0.05, 0.1) is 11.7 Å². The average molecular weight is 290 g/mol. The van der Waals surface area contributed by atoms with Crippen molar-refractivity contribution in [2.45, 2.75) is 18.7 Å². The van der Waals surface area contributed by atoms with Crippen LogP contribution in [0.2, 0.25) is 0 Å². The number of rotatable bonds is 7. The molecule has 20 heavy (non-hydrogen) atoms. The monoisotopic (exact) mass is 290 g/mol. The average Bonchev–Trinajstić information content (AvgIpc) is 2.37. The number of alkyl halides is 3. The molecule has 1 aromatic rings. The quantitative estimate of drug-likeness (QED) is 0.756. The number of nitrogens with one attached hydrogen (secondary N) is 1. The highest BCUT2D eigenvalue weighted by Crippen LogP contribution is 2.29. The molecule has 1 unspecified atom stereocenters. The van der Waals surface area contributed by atoms with Crippen LogP contribution in [0.3, 0.4) is 0 Å². The van der Waals surface area contributed by atoms with E-state index in [4.69, 9.17) is 0 Å². The Morgan fingerprint density at radius 2 is 1.80 bits per heavy atom. The zero-order valence-corrected chi connectivity index (χ0v) is 11.7. The molecule has 3 nitrogen and oxygen atoms in total. The van der Waals surface area contributed by atoms with Gasteiger partial charge in [-0.25, -0.2) is 0 Å². The lowest BCUT2D eigenvalue weighted by molar-refractivity contribution is -0.137. The third kappa shape index (κ3) is 5.90. The second-order valence-electron chi connectivity index (χ2n) is 5.00. The number of hydrogen-bond acceptors (Lipinski definition) is 3. The van der Waals surface area contributed by atoms with Crippen LogP contribution in [0, 0.1) is 0 Å². The molecule has 0 fully saturated rings. The molecule has 0 heterocycles. The van der Waals surface area contributed by atoms with Crippen LogP contribution in [0.15, 0.2) is 24.3 Å². The normalized spacial score (nSPS) is 13.8. The van der Waals surface area contributed by atoms with Crippen LogP contribution in [0.4, 0.5) is 13.2 Å². The Bertz CT molecular complexity index is 390. The number of benzene rings is 1. The predicted octanol–water partition coefficient (Wildman–Crippen LogP) is 2.28. The zero-order valence-electron chi connectivity index (χ0n) is 11.7.